The second-order valence-electron chi connectivity index (χ2n) is 5.03. The Kier molecular flexibility index (Phi) is 4.40. The first-order chi connectivity index (χ1) is 9.56. The predicted molar refractivity (Wildman–Crippen MR) is 78.4 cm³/mol. The van der Waals surface area contributed by atoms with Crippen LogP contribution in [-0.2, 0) is 9.59 Å². The molecule has 106 valence electrons. The van der Waals surface area contributed by atoms with Gasteiger partial charge in [0.15, 0.2) is 0 Å². The Labute approximate surface area is 118 Å². The van der Waals surface area contributed by atoms with Gasteiger partial charge in [0, 0.05) is 24.9 Å². The lowest BCUT2D eigenvalue weighted by Gasteiger charge is -2.30. The van der Waals surface area contributed by atoms with Gasteiger partial charge in [-0.3, -0.25) is 9.59 Å². The number of benzene rings is 1. The van der Waals surface area contributed by atoms with E-state index in [1.54, 1.807) is 23.1 Å². The Hall–Kier alpha value is -2.30. The van der Waals surface area contributed by atoms with Gasteiger partial charge >= 0.3 is 0 Å². The summed E-state index contributed by atoms with van der Waals surface area (Å²) in [5.41, 5.74) is 12.5. The van der Waals surface area contributed by atoms with E-state index in [4.69, 9.17) is 11.5 Å². The maximum atomic E-state index is 12.1. The minimum atomic E-state index is -0.331. The Morgan fingerprint density at radius 1 is 1.35 bits per heavy atom. The van der Waals surface area contributed by atoms with E-state index in [0.29, 0.717) is 18.8 Å². The zero-order valence-electron chi connectivity index (χ0n) is 11.3. The first kappa shape index (κ1) is 14.1. The van der Waals surface area contributed by atoms with Gasteiger partial charge in [-0.15, -0.1) is 0 Å². The van der Waals surface area contributed by atoms with Gasteiger partial charge in [0.2, 0.25) is 11.8 Å². The Bertz CT molecular complexity index is 540. The molecule has 1 aromatic carbocycles. The van der Waals surface area contributed by atoms with Crippen LogP contribution in [0.15, 0.2) is 30.3 Å². The summed E-state index contributed by atoms with van der Waals surface area (Å²) in [6.07, 6.45) is 4.81. The molecule has 4 N–H and O–H groups in total. The summed E-state index contributed by atoms with van der Waals surface area (Å²) in [4.78, 5) is 24.9. The van der Waals surface area contributed by atoms with E-state index in [9.17, 15) is 9.59 Å². The third-order valence-corrected chi connectivity index (χ3v) is 3.46. The number of amides is 2. The second kappa shape index (κ2) is 6.23. The summed E-state index contributed by atoms with van der Waals surface area (Å²) in [5, 5.41) is 0. The lowest BCUT2D eigenvalue weighted by molar-refractivity contribution is -0.130. The fourth-order valence-corrected chi connectivity index (χ4v) is 2.35. The SMILES string of the molecule is NC(=O)C1CCCN(C(=O)/C=C/c2cccc(N)c2)C1. The van der Waals surface area contributed by atoms with E-state index in [1.807, 2.05) is 12.1 Å². The van der Waals surface area contributed by atoms with Crippen molar-refractivity contribution >= 4 is 23.6 Å². The minimum absolute atomic E-state index is 0.0987. The van der Waals surface area contributed by atoms with Crippen LogP contribution in [0.2, 0.25) is 0 Å². The number of likely N-dealkylation sites (tertiary alicyclic amines) is 1. The quantitative estimate of drug-likeness (QED) is 0.636. The van der Waals surface area contributed by atoms with Crippen LogP contribution in [0, 0.1) is 5.92 Å². The number of rotatable bonds is 3. The first-order valence-electron chi connectivity index (χ1n) is 6.68. The number of anilines is 1. The topological polar surface area (TPSA) is 89.4 Å². The van der Waals surface area contributed by atoms with Crippen LogP contribution < -0.4 is 11.5 Å². The van der Waals surface area contributed by atoms with Gasteiger partial charge in [0.1, 0.15) is 0 Å². The number of hydrogen-bond acceptors (Lipinski definition) is 3. The van der Waals surface area contributed by atoms with E-state index in [-0.39, 0.29) is 17.7 Å². The third kappa shape index (κ3) is 3.60. The smallest absolute Gasteiger partial charge is 0.246 e. The molecule has 1 saturated heterocycles. The van der Waals surface area contributed by atoms with Gasteiger partial charge in [-0.25, -0.2) is 0 Å². The summed E-state index contributed by atoms with van der Waals surface area (Å²) in [7, 11) is 0. The van der Waals surface area contributed by atoms with Crippen molar-refractivity contribution in [3.05, 3.63) is 35.9 Å². The van der Waals surface area contributed by atoms with E-state index in [0.717, 1.165) is 18.4 Å². The van der Waals surface area contributed by atoms with Gasteiger partial charge in [-0.1, -0.05) is 12.1 Å². The van der Waals surface area contributed by atoms with Crippen molar-refractivity contribution in [2.75, 3.05) is 18.8 Å². The normalized spacial score (nSPS) is 19.2. The van der Waals surface area contributed by atoms with Gasteiger partial charge in [0.25, 0.3) is 0 Å². The Balaban J connectivity index is 1.99. The number of hydrogen-bond donors (Lipinski definition) is 2. The molecule has 0 aliphatic carbocycles. The standard InChI is InChI=1S/C15H19N3O2/c16-13-5-1-3-11(9-13)6-7-14(19)18-8-2-4-12(10-18)15(17)20/h1,3,5-7,9,12H,2,4,8,10,16H2,(H2,17,20)/b7-6+. The van der Waals surface area contributed by atoms with E-state index in [1.165, 1.54) is 6.08 Å². The molecule has 1 aromatic rings. The number of nitrogen functional groups attached to an aromatic ring is 1. The number of carbonyl (C=O) groups excluding carboxylic acids is 2. The number of piperidine rings is 1. The second-order valence-corrected chi connectivity index (χ2v) is 5.03. The Morgan fingerprint density at radius 3 is 2.85 bits per heavy atom. The zero-order valence-corrected chi connectivity index (χ0v) is 11.3. The summed E-state index contributed by atoms with van der Waals surface area (Å²) >= 11 is 0. The maximum Gasteiger partial charge on any atom is 0.246 e. The van der Waals surface area contributed by atoms with E-state index < -0.39 is 0 Å². The van der Waals surface area contributed by atoms with E-state index in [2.05, 4.69) is 0 Å². The number of carbonyl (C=O) groups is 2. The average molecular weight is 273 g/mol. The molecule has 0 bridgehead atoms. The highest BCUT2D eigenvalue weighted by Gasteiger charge is 2.25. The molecule has 2 rings (SSSR count). The molecule has 2 amide bonds. The molecule has 1 atom stereocenters. The van der Waals surface area contributed by atoms with Crippen LogP contribution in [0.25, 0.3) is 6.08 Å². The fraction of sp³-hybridized carbons (Fsp3) is 0.333. The Morgan fingerprint density at radius 2 is 2.15 bits per heavy atom. The highest BCUT2D eigenvalue weighted by Crippen LogP contribution is 2.16. The van der Waals surface area contributed by atoms with Crippen molar-refractivity contribution in [2.45, 2.75) is 12.8 Å². The van der Waals surface area contributed by atoms with Gasteiger partial charge in [-0.2, -0.15) is 0 Å². The molecule has 1 aliphatic heterocycles. The van der Waals surface area contributed by atoms with Crippen LogP contribution in [0.3, 0.4) is 0 Å². The van der Waals surface area contributed by atoms with Crippen LogP contribution in [0.4, 0.5) is 5.69 Å². The number of nitrogens with two attached hydrogens (primary N) is 2. The number of primary amides is 1. The molecule has 1 unspecified atom stereocenters. The van der Waals surface area contributed by atoms with Crippen molar-refractivity contribution in [1.82, 2.24) is 4.90 Å². The van der Waals surface area contributed by atoms with Crippen molar-refractivity contribution in [3.63, 3.8) is 0 Å². The predicted octanol–water partition coefficient (Wildman–Crippen LogP) is 1.01. The maximum absolute atomic E-state index is 12.1. The molecule has 0 saturated carbocycles. The van der Waals surface area contributed by atoms with E-state index >= 15 is 0 Å². The lowest BCUT2D eigenvalue weighted by Crippen LogP contribution is -2.43. The molecule has 1 heterocycles. The van der Waals surface area contributed by atoms with Gasteiger partial charge in [0.05, 0.1) is 5.92 Å². The average Bonchev–Trinajstić information content (AvgIpc) is 2.45. The lowest BCUT2D eigenvalue weighted by atomic mass is 9.97. The first-order valence-corrected chi connectivity index (χ1v) is 6.68. The van der Waals surface area contributed by atoms with Crippen LogP contribution >= 0.6 is 0 Å². The van der Waals surface area contributed by atoms with Crippen molar-refractivity contribution in [2.24, 2.45) is 11.7 Å². The molecule has 0 radical (unpaired) electrons. The minimum Gasteiger partial charge on any atom is -0.399 e. The zero-order chi connectivity index (χ0) is 14.5. The molecule has 20 heavy (non-hydrogen) atoms. The van der Waals surface area contributed by atoms with Gasteiger partial charge in [-0.05, 0) is 36.6 Å². The highest BCUT2D eigenvalue weighted by atomic mass is 16.2. The van der Waals surface area contributed by atoms with Crippen molar-refractivity contribution < 1.29 is 9.59 Å². The molecule has 0 aromatic heterocycles. The summed E-state index contributed by atoms with van der Waals surface area (Å²) in [5.74, 6) is -0.658. The summed E-state index contributed by atoms with van der Waals surface area (Å²) in [6.45, 7) is 1.08. The largest absolute Gasteiger partial charge is 0.399 e. The molecule has 0 spiro atoms. The molecule has 5 nitrogen and oxygen atoms in total. The third-order valence-electron chi connectivity index (χ3n) is 3.46. The molecular formula is C15H19N3O2. The van der Waals surface area contributed by atoms with Crippen LogP contribution in [0.5, 0.6) is 0 Å². The van der Waals surface area contributed by atoms with Gasteiger partial charge < -0.3 is 16.4 Å². The van der Waals surface area contributed by atoms with Crippen molar-refractivity contribution in [3.8, 4) is 0 Å². The summed E-state index contributed by atoms with van der Waals surface area (Å²) in [6, 6.07) is 7.31. The highest BCUT2D eigenvalue weighted by molar-refractivity contribution is 5.92. The molecule has 5 heteroatoms. The molecular weight excluding hydrogens is 254 g/mol. The molecule has 1 aliphatic rings. The monoisotopic (exact) mass is 273 g/mol. The number of nitrogens with zero attached hydrogens (tertiary/aromatic N) is 1. The summed E-state index contributed by atoms with van der Waals surface area (Å²) < 4.78 is 0. The fourth-order valence-electron chi connectivity index (χ4n) is 2.35. The van der Waals surface area contributed by atoms with Crippen LogP contribution in [0.1, 0.15) is 18.4 Å². The molecule has 1 fully saturated rings. The van der Waals surface area contributed by atoms with Crippen LogP contribution in [-0.4, -0.2) is 29.8 Å². The van der Waals surface area contributed by atoms with Crippen molar-refractivity contribution in [1.29, 1.82) is 0 Å².